The molecule has 5 nitrogen and oxygen atoms in total. The summed E-state index contributed by atoms with van der Waals surface area (Å²) >= 11 is 6.00. The number of halogens is 1. The zero-order valence-electron chi connectivity index (χ0n) is 11.8. The third-order valence-corrected chi connectivity index (χ3v) is 3.57. The molecule has 2 heterocycles. The average molecular weight is 298 g/mol. The molecule has 6 heteroatoms. The Labute approximate surface area is 124 Å². The van der Waals surface area contributed by atoms with Crippen molar-refractivity contribution in [1.29, 1.82) is 0 Å². The molecule has 1 fully saturated rings. The minimum Gasteiger partial charge on any atom is -0.461 e. The molecule has 0 spiro atoms. The summed E-state index contributed by atoms with van der Waals surface area (Å²) < 4.78 is 5.16. The highest BCUT2D eigenvalue weighted by molar-refractivity contribution is 6.33. The summed E-state index contributed by atoms with van der Waals surface area (Å²) in [5.41, 5.74) is 0.165. The van der Waals surface area contributed by atoms with Crippen LogP contribution in [0, 0.1) is 0 Å². The van der Waals surface area contributed by atoms with E-state index in [2.05, 4.69) is 14.9 Å². The molecular formula is C14H20ClN3O2. The molecule has 0 atom stereocenters. The van der Waals surface area contributed by atoms with E-state index in [1.165, 1.54) is 12.6 Å². The third kappa shape index (κ3) is 3.82. The summed E-state index contributed by atoms with van der Waals surface area (Å²) in [5.74, 6) is 0.0978. The number of esters is 1. The van der Waals surface area contributed by atoms with Crippen LogP contribution in [-0.2, 0) is 4.74 Å². The molecule has 0 aromatic carbocycles. The van der Waals surface area contributed by atoms with Gasteiger partial charge in [-0.15, -0.1) is 0 Å². The Bertz CT molecular complexity index is 462. The van der Waals surface area contributed by atoms with Gasteiger partial charge in [0, 0.05) is 13.1 Å². The van der Waals surface area contributed by atoms with Crippen molar-refractivity contribution < 1.29 is 9.53 Å². The van der Waals surface area contributed by atoms with Gasteiger partial charge in [-0.25, -0.2) is 14.8 Å². The van der Waals surface area contributed by atoms with E-state index in [9.17, 15) is 4.79 Å². The molecule has 1 aliphatic rings. The standard InChI is InChI=1S/C14H20ClN3O2/c1-2-3-9-20-13(19)12-11(15)10-16-14(17-12)18-7-5-4-6-8-18/h10H,2-9H2,1H3. The molecule has 0 N–H and O–H groups in total. The van der Waals surface area contributed by atoms with Crippen LogP contribution in [0.3, 0.4) is 0 Å². The number of aromatic nitrogens is 2. The maximum atomic E-state index is 12.0. The van der Waals surface area contributed by atoms with Crippen molar-refractivity contribution in [2.45, 2.75) is 39.0 Å². The third-order valence-electron chi connectivity index (χ3n) is 3.29. The molecule has 0 aliphatic carbocycles. The Morgan fingerprint density at radius 2 is 2.15 bits per heavy atom. The average Bonchev–Trinajstić information content (AvgIpc) is 2.49. The van der Waals surface area contributed by atoms with Crippen LogP contribution in [0.2, 0.25) is 5.02 Å². The number of carbonyl (C=O) groups is 1. The van der Waals surface area contributed by atoms with E-state index in [-0.39, 0.29) is 10.7 Å². The van der Waals surface area contributed by atoms with Gasteiger partial charge in [0.05, 0.1) is 17.8 Å². The van der Waals surface area contributed by atoms with Crippen LogP contribution >= 0.6 is 11.6 Å². The van der Waals surface area contributed by atoms with Gasteiger partial charge < -0.3 is 9.64 Å². The second kappa shape index (κ2) is 7.43. The van der Waals surface area contributed by atoms with E-state index in [1.807, 2.05) is 6.92 Å². The first-order valence-electron chi connectivity index (χ1n) is 7.17. The summed E-state index contributed by atoms with van der Waals surface area (Å²) in [6, 6.07) is 0. The topological polar surface area (TPSA) is 55.3 Å². The van der Waals surface area contributed by atoms with Gasteiger partial charge in [-0.2, -0.15) is 0 Å². The lowest BCUT2D eigenvalue weighted by Gasteiger charge is -2.26. The first-order chi connectivity index (χ1) is 9.72. The van der Waals surface area contributed by atoms with Crippen LogP contribution in [0.4, 0.5) is 5.95 Å². The molecule has 0 unspecified atom stereocenters. The zero-order valence-corrected chi connectivity index (χ0v) is 12.5. The highest BCUT2D eigenvalue weighted by Crippen LogP contribution is 2.20. The van der Waals surface area contributed by atoms with Crippen LogP contribution in [0.25, 0.3) is 0 Å². The minimum atomic E-state index is -0.468. The Hall–Kier alpha value is -1.36. The van der Waals surface area contributed by atoms with E-state index in [0.29, 0.717) is 12.6 Å². The first-order valence-corrected chi connectivity index (χ1v) is 7.54. The van der Waals surface area contributed by atoms with Crippen LogP contribution in [0.5, 0.6) is 0 Å². The summed E-state index contributed by atoms with van der Waals surface area (Å²) in [4.78, 5) is 22.5. The van der Waals surface area contributed by atoms with Gasteiger partial charge in [0.15, 0.2) is 5.69 Å². The molecule has 0 radical (unpaired) electrons. The molecule has 0 amide bonds. The lowest BCUT2D eigenvalue weighted by Crippen LogP contribution is -2.31. The number of hydrogen-bond donors (Lipinski definition) is 0. The SMILES string of the molecule is CCCCOC(=O)c1nc(N2CCCCC2)ncc1Cl. The second-order valence-corrected chi connectivity index (χ2v) is 5.31. The monoisotopic (exact) mass is 297 g/mol. The predicted molar refractivity (Wildman–Crippen MR) is 78.3 cm³/mol. The van der Waals surface area contributed by atoms with Crippen molar-refractivity contribution in [3.05, 3.63) is 16.9 Å². The zero-order chi connectivity index (χ0) is 14.4. The number of rotatable bonds is 5. The van der Waals surface area contributed by atoms with Crippen molar-refractivity contribution in [2.24, 2.45) is 0 Å². The molecule has 20 heavy (non-hydrogen) atoms. The van der Waals surface area contributed by atoms with Gasteiger partial charge in [-0.3, -0.25) is 0 Å². The van der Waals surface area contributed by atoms with E-state index in [4.69, 9.17) is 16.3 Å². The molecule has 1 saturated heterocycles. The lowest BCUT2D eigenvalue weighted by molar-refractivity contribution is 0.0493. The highest BCUT2D eigenvalue weighted by atomic mass is 35.5. The number of piperidine rings is 1. The van der Waals surface area contributed by atoms with E-state index in [1.54, 1.807) is 0 Å². The molecular weight excluding hydrogens is 278 g/mol. The van der Waals surface area contributed by atoms with Crippen LogP contribution < -0.4 is 4.90 Å². The molecule has 2 rings (SSSR count). The maximum Gasteiger partial charge on any atom is 0.358 e. The second-order valence-electron chi connectivity index (χ2n) is 4.90. The molecule has 0 bridgehead atoms. The lowest BCUT2D eigenvalue weighted by atomic mass is 10.1. The largest absolute Gasteiger partial charge is 0.461 e. The van der Waals surface area contributed by atoms with Gasteiger partial charge in [0.2, 0.25) is 5.95 Å². The smallest absolute Gasteiger partial charge is 0.358 e. The van der Waals surface area contributed by atoms with E-state index < -0.39 is 5.97 Å². The van der Waals surface area contributed by atoms with Crippen molar-refractivity contribution in [3.8, 4) is 0 Å². The number of carbonyl (C=O) groups excluding carboxylic acids is 1. The van der Waals surface area contributed by atoms with Gasteiger partial charge in [0.25, 0.3) is 0 Å². The predicted octanol–water partition coefficient (Wildman–Crippen LogP) is 3.08. The number of ether oxygens (including phenoxy) is 1. The number of anilines is 1. The van der Waals surface area contributed by atoms with Crippen molar-refractivity contribution in [3.63, 3.8) is 0 Å². The van der Waals surface area contributed by atoms with Crippen LogP contribution in [0.15, 0.2) is 6.20 Å². The minimum absolute atomic E-state index is 0.165. The fourth-order valence-corrected chi connectivity index (χ4v) is 2.29. The van der Waals surface area contributed by atoms with Gasteiger partial charge in [-0.05, 0) is 25.7 Å². The number of nitrogens with zero attached hydrogens (tertiary/aromatic N) is 3. The summed E-state index contributed by atoms with van der Waals surface area (Å²) in [6.45, 7) is 4.28. The molecule has 110 valence electrons. The van der Waals surface area contributed by atoms with E-state index in [0.717, 1.165) is 38.8 Å². The molecule has 1 aliphatic heterocycles. The Balaban J connectivity index is 2.09. The van der Waals surface area contributed by atoms with Crippen molar-refractivity contribution in [1.82, 2.24) is 9.97 Å². The number of hydrogen-bond acceptors (Lipinski definition) is 5. The van der Waals surface area contributed by atoms with Gasteiger partial charge >= 0.3 is 5.97 Å². The van der Waals surface area contributed by atoms with Gasteiger partial charge in [-0.1, -0.05) is 24.9 Å². The first kappa shape index (κ1) is 15.0. The maximum absolute atomic E-state index is 12.0. The fraction of sp³-hybridized carbons (Fsp3) is 0.643. The van der Waals surface area contributed by atoms with Crippen molar-refractivity contribution in [2.75, 3.05) is 24.6 Å². The highest BCUT2D eigenvalue weighted by Gasteiger charge is 2.19. The van der Waals surface area contributed by atoms with Crippen LogP contribution in [-0.4, -0.2) is 35.6 Å². The fourth-order valence-electron chi connectivity index (χ4n) is 2.12. The molecule has 1 aromatic heterocycles. The number of unbranched alkanes of at least 4 members (excludes halogenated alkanes) is 1. The normalized spacial score (nSPS) is 15.2. The van der Waals surface area contributed by atoms with Crippen LogP contribution in [0.1, 0.15) is 49.5 Å². The quantitative estimate of drug-likeness (QED) is 0.617. The Morgan fingerprint density at radius 1 is 1.40 bits per heavy atom. The van der Waals surface area contributed by atoms with Crippen molar-refractivity contribution >= 4 is 23.5 Å². The molecule has 1 aromatic rings. The van der Waals surface area contributed by atoms with E-state index >= 15 is 0 Å². The Morgan fingerprint density at radius 3 is 2.85 bits per heavy atom. The summed E-state index contributed by atoms with van der Waals surface area (Å²) in [5, 5.41) is 0.243. The summed E-state index contributed by atoms with van der Waals surface area (Å²) in [6.07, 6.45) is 6.78. The molecule has 0 saturated carbocycles. The Kier molecular flexibility index (Phi) is 5.59. The summed E-state index contributed by atoms with van der Waals surface area (Å²) in [7, 11) is 0. The van der Waals surface area contributed by atoms with Gasteiger partial charge in [0.1, 0.15) is 0 Å².